The molecular weight excluding hydrogens is 285 g/mol. The van der Waals surface area contributed by atoms with Gasteiger partial charge in [0.25, 0.3) is 0 Å². The van der Waals surface area contributed by atoms with Crippen molar-refractivity contribution in [1.29, 1.82) is 0 Å². The number of benzene rings is 2. The van der Waals surface area contributed by atoms with Gasteiger partial charge in [0.15, 0.2) is 0 Å². The quantitative estimate of drug-likeness (QED) is 0.840. The van der Waals surface area contributed by atoms with Gasteiger partial charge in [0.05, 0.1) is 4.47 Å². The van der Waals surface area contributed by atoms with Crippen molar-refractivity contribution < 1.29 is 9.13 Å². The molecule has 0 atom stereocenters. The van der Waals surface area contributed by atoms with Crippen LogP contribution in [0.2, 0.25) is 0 Å². The van der Waals surface area contributed by atoms with Gasteiger partial charge in [-0.15, -0.1) is 0 Å². The summed E-state index contributed by atoms with van der Waals surface area (Å²) in [4.78, 5) is 0. The van der Waals surface area contributed by atoms with Crippen LogP contribution in [0.4, 0.5) is 10.1 Å². The van der Waals surface area contributed by atoms with Crippen molar-refractivity contribution in [2.24, 2.45) is 0 Å². The number of nitrogen functional groups attached to an aromatic ring is 1. The van der Waals surface area contributed by atoms with E-state index in [9.17, 15) is 4.39 Å². The van der Waals surface area contributed by atoms with Gasteiger partial charge in [-0.1, -0.05) is 0 Å². The molecule has 0 radical (unpaired) electrons. The molecular formula is C13H11BrFNO. The molecule has 0 fully saturated rings. The van der Waals surface area contributed by atoms with Crippen molar-refractivity contribution in [2.45, 2.75) is 6.92 Å². The van der Waals surface area contributed by atoms with E-state index in [1.807, 2.05) is 13.0 Å². The Labute approximate surface area is 107 Å². The predicted molar refractivity (Wildman–Crippen MR) is 69.8 cm³/mol. The third kappa shape index (κ3) is 2.77. The van der Waals surface area contributed by atoms with Crippen LogP contribution in [0.25, 0.3) is 0 Å². The number of hydrogen-bond acceptors (Lipinski definition) is 2. The smallest absolute Gasteiger partial charge is 0.137 e. The van der Waals surface area contributed by atoms with Crippen LogP contribution in [0.5, 0.6) is 11.5 Å². The lowest BCUT2D eigenvalue weighted by Gasteiger charge is -2.09. The molecule has 2 N–H and O–H groups in total. The summed E-state index contributed by atoms with van der Waals surface area (Å²) >= 11 is 3.11. The Kier molecular flexibility index (Phi) is 3.33. The Morgan fingerprint density at radius 3 is 2.59 bits per heavy atom. The monoisotopic (exact) mass is 295 g/mol. The standard InChI is InChI=1S/C13H11BrFNO/c1-8-6-9(16)2-5-13(8)17-10-3-4-12(15)11(14)7-10/h2-7H,16H2,1H3. The van der Waals surface area contributed by atoms with E-state index in [0.717, 1.165) is 5.56 Å². The van der Waals surface area contributed by atoms with Gasteiger partial charge in [-0.3, -0.25) is 0 Å². The zero-order chi connectivity index (χ0) is 12.4. The van der Waals surface area contributed by atoms with Crippen molar-refractivity contribution in [3.63, 3.8) is 0 Å². The molecule has 88 valence electrons. The van der Waals surface area contributed by atoms with E-state index in [-0.39, 0.29) is 5.82 Å². The Balaban J connectivity index is 2.28. The summed E-state index contributed by atoms with van der Waals surface area (Å²) in [6, 6.07) is 9.91. The lowest BCUT2D eigenvalue weighted by Crippen LogP contribution is -1.91. The van der Waals surface area contributed by atoms with Crippen molar-refractivity contribution in [3.8, 4) is 11.5 Å². The van der Waals surface area contributed by atoms with Crippen LogP contribution in [0.1, 0.15) is 5.56 Å². The van der Waals surface area contributed by atoms with Crippen LogP contribution in [-0.4, -0.2) is 0 Å². The highest BCUT2D eigenvalue weighted by atomic mass is 79.9. The first-order valence-corrected chi connectivity index (χ1v) is 5.84. The third-order valence-electron chi connectivity index (χ3n) is 2.32. The van der Waals surface area contributed by atoms with Crippen LogP contribution in [0, 0.1) is 12.7 Å². The number of rotatable bonds is 2. The maximum Gasteiger partial charge on any atom is 0.137 e. The molecule has 4 heteroatoms. The number of hydrogen-bond donors (Lipinski definition) is 1. The molecule has 0 saturated heterocycles. The van der Waals surface area contributed by atoms with Crippen LogP contribution in [0.3, 0.4) is 0 Å². The lowest BCUT2D eigenvalue weighted by molar-refractivity contribution is 0.476. The molecule has 2 aromatic rings. The fraction of sp³-hybridized carbons (Fsp3) is 0.0769. The molecule has 0 bridgehead atoms. The third-order valence-corrected chi connectivity index (χ3v) is 2.93. The van der Waals surface area contributed by atoms with E-state index in [0.29, 0.717) is 21.7 Å². The highest BCUT2D eigenvalue weighted by molar-refractivity contribution is 9.10. The molecule has 2 rings (SSSR count). The minimum atomic E-state index is -0.314. The van der Waals surface area contributed by atoms with E-state index in [1.165, 1.54) is 6.07 Å². The number of halogens is 2. The Bertz CT molecular complexity index is 557. The number of ether oxygens (including phenoxy) is 1. The molecule has 0 aliphatic rings. The van der Waals surface area contributed by atoms with E-state index in [4.69, 9.17) is 10.5 Å². The van der Waals surface area contributed by atoms with Gasteiger partial charge in [-0.05, 0) is 64.8 Å². The first-order chi connectivity index (χ1) is 8.06. The summed E-state index contributed by atoms with van der Waals surface area (Å²) in [5.74, 6) is 0.968. The van der Waals surface area contributed by atoms with Crippen molar-refractivity contribution in [2.75, 3.05) is 5.73 Å². The fourth-order valence-corrected chi connectivity index (χ4v) is 1.81. The average molecular weight is 296 g/mol. The van der Waals surface area contributed by atoms with Crippen LogP contribution >= 0.6 is 15.9 Å². The van der Waals surface area contributed by atoms with Gasteiger partial charge in [0, 0.05) is 5.69 Å². The van der Waals surface area contributed by atoms with E-state index in [2.05, 4.69) is 15.9 Å². The zero-order valence-electron chi connectivity index (χ0n) is 9.21. The molecule has 0 aliphatic heterocycles. The van der Waals surface area contributed by atoms with Crippen molar-refractivity contribution in [1.82, 2.24) is 0 Å². The Morgan fingerprint density at radius 1 is 1.18 bits per heavy atom. The Hall–Kier alpha value is -1.55. The summed E-state index contributed by atoms with van der Waals surface area (Å²) in [7, 11) is 0. The molecule has 0 aliphatic carbocycles. The first kappa shape index (κ1) is 11.9. The largest absolute Gasteiger partial charge is 0.457 e. The summed E-state index contributed by atoms with van der Waals surface area (Å²) in [5, 5.41) is 0. The maximum atomic E-state index is 13.1. The minimum Gasteiger partial charge on any atom is -0.457 e. The molecule has 0 unspecified atom stereocenters. The molecule has 0 aromatic heterocycles. The van der Waals surface area contributed by atoms with Crippen LogP contribution in [0.15, 0.2) is 40.9 Å². The van der Waals surface area contributed by atoms with Crippen molar-refractivity contribution in [3.05, 3.63) is 52.3 Å². The average Bonchev–Trinajstić information content (AvgIpc) is 2.27. The van der Waals surface area contributed by atoms with Crippen LogP contribution < -0.4 is 10.5 Å². The topological polar surface area (TPSA) is 35.2 Å². The highest BCUT2D eigenvalue weighted by Crippen LogP contribution is 2.29. The lowest BCUT2D eigenvalue weighted by atomic mass is 10.2. The zero-order valence-corrected chi connectivity index (χ0v) is 10.8. The Morgan fingerprint density at radius 2 is 1.94 bits per heavy atom. The summed E-state index contributed by atoms with van der Waals surface area (Å²) < 4.78 is 19.1. The molecule has 0 heterocycles. The SMILES string of the molecule is Cc1cc(N)ccc1Oc1ccc(F)c(Br)c1. The van der Waals surface area contributed by atoms with Gasteiger partial charge in [-0.25, -0.2) is 4.39 Å². The van der Waals surface area contributed by atoms with E-state index in [1.54, 1.807) is 24.3 Å². The number of anilines is 1. The molecule has 17 heavy (non-hydrogen) atoms. The van der Waals surface area contributed by atoms with Crippen LogP contribution in [-0.2, 0) is 0 Å². The van der Waals surface area contributed by atoms with Gasteiger partial charge in [0.2, 0.25) is 0 Å². The molecule has 2 aromatic carbocycles. The molecule has 0 saturated carbocycles. The minimum absolute atomic E-state index is 0.314. The summed E-state index contributed by atoms with van der Waals surface area (Å²) in [6.07, 6.45) is 0. The second kappa shape index (κ2) is 4.75. The van der Waals surface area contributed by atoms with Gasteiger partial charge < -0.3 is 10.5 Å². The molecule has 2 nitrogen and oxygen atoms in total. The summed E-state index contributed by atoms with van der Waals surface area (Å²) in [5.41, 5.74) is 7.28. The second-order valence-electron chi connectivity index (χ2n) is 3.70. The van der Waals surface area contributed by atoms with Gasteiger partial charge >= 0.3 is 0 Å². The maximum absolute atomic E-state index is 13.1. The van der Waals surface area contributed by atoms with Crippen molar-refractivity contribution >= 4 is 21.6 Å². The molecule has 0 amide bonds. The highest BCUT2D eigenvalue weighted by Gasteiger charge is 2.04. The summed E-state index contributed by atoms with van der Waals surface area (Å²) in [6.45, 7) is 1.91. The van der Waals surface area contributed by atoms with E-state index < -0.39 is 0 Å². The van der Waals surface area contributed by atoms with Gasteiger partial charge in [-0.2, -0.15) is 0 Å². The fourth-order valence-electron chi connectivity index (χ4n) is 1.45. The number of nitrogens with two attached hydrogens (primary N) is 1. The van der Waals surface area contributed by atoms with Gasteiger partial charge in [0.1, 0.15) is 17.3 Å². The first-order valence-electron chi connectivity index (χ1n) is 5.05. The van der Waals surface area contributed by atoms with E-state index >= 15 is 0 Å². The number of aryl methyl sites for hydroxylation is 1. The normalized spacial score (nSPS) is 10.3. The second-order valence-corrected chi connectivity index (χ2v) is 4.56. The molecule has 0 spiro atoms. The predicted octanol–water partition coefficient (Wildman–Crippen LogP) is 4.27.